The van der Waals surface area contributed by atoms with E-state index in [1.165, 1.54) is 0 Å². The third kappa shape index (κ3) is 1.58. The van der Waals surface area contributed by atoms with Crippen LogP contribution in [0.3, 0.4) is 0 Å². The van der Waals surface area contributed by atoms with E-state index in [0.29, 0.717) is 11.8 Å². The molecule has 1 N–H and O–H groups in total. The third-order valence-electron chi connectivity index (χ3n) is 3.95. The SMILES string of the molecule is C=CC1CC(C(CC)C(=O)O)C1(C)C. The van der Waals surface area contributed by atoms with Crippen molar-refractivity contribution in [2.75, 3.05) is 0 Å². The standard InChI is InChI=1S/C12H20O2/c1-5-8-7-10(12(8,3)4)9(6-2)11(13)14/h5,8-10H,1,6-7H2,2-4H3,(H,13,14). The normalized spacial score (nSPS) is 31.6. The summed E-state index contributed by atoms with van der Waals surface area (Å²) in [6.07, 6.45) is 3.68. The van der Waals surface area contributed by atoms with E-state index >= 15 is 0 Å². The van der Waals surface area contributed by atoms with Gasteiger partial charge in [-0.25, -0.2) is 0 Å². The minimum absolute atomic E-state index is 0.112. The van der Waals surface area contributed by atoms with Crippen LogP contribution in [-0.4, -0.2) is 11.1 Å². The van der Waals surface area contributed by atoms with E-state index in [9.17, 15) is 4.79 Å². The molecule has 2 nitrogen and oxygen atoms in total. The van der Waals surface area contributed by atoms with Crippen molar-refractivity contribution >= 4 is 5.97 Å². The summed E-state index contributed by atoms with van der Waals surface area (Å²) in [5.74, 6) is -0.0248. The first kappa shape index (κ1) is 11.3. The van der Waals surface area contributed by atoms with Gasteiger partial charge in [0, 0.05) is 0 Å². The van der Waals surface area contributed by atoms with Gasteiger partial charge in [0.05, 0.1) is 5.92 Å². The number of hydrogen-bond acceptors (Lipinski definition) is 1. The number of carbonyl (C=O) groups is 1. The summed E-state index contributed by atoms with van der Waals surface area (Å²) in [6.45, 7) is 10.1. The molecule has 3 atom stereocenters. The van der Waals surface area contributed by atoms with Gasteiger partial charge in [-0.1, -0.05) is 26.8 Å². The molecule has 0 bridgehead atoms. The molecule has 2 heteroatoms. The summed E-state index contributed by atoms with van der Waals surface area (Å²) >= 11 is 0. The maximum atomic E-state index is 11.0. The van der Waals surface area contributed by atoms with Crippen LogP contribution in [0.15, 0.2) is 12.7 Å². The molecule has 1 aliphatic rings. The van der Waals surface area contributed by atoms with E-state index in [0.717, 1.165) is 12.8 Å². The van der Waals surface area contributed by atoms with Crippen molar-refractivity contribution in [2.24, 2.45) is 23.2 Å². The third-order valence-corrected chi connectivity index (χ3v) is 3.95. The fraction of sp³-hybridized carbons (Fsp3) is 0.750. The maximum Gasteiger partial charge on any atom is 0.306 e. The van der Waals surface area contributed by atoms with Gasteiger partial charge >= 0.3 is 5.97 Å². The van der Waals surface area contributed by atoms with Gasteiger partial charge in [0.2, 0.25) is 0 Å². The summed E-state index contributed by atoms with van der Waals surface area (Å²) in [6, 6.07) is 0. The Labute approximate surface area is 86.0 Å². The number of carboxylic acids is 1. The maximum absolute atomic E-state index is 11.0. The monoisotopic (exact) mass is 196 g/mol. The van der Waals surface area contributed by atoms with Crippen LogP contribution in [0.1, 0.15) is 33.6 Å². The van der Waals surface area contributed by atoms with Crippen LogP contribution in [0.2, 0.25) is 0 Å². The summed E-state index contributed by atoms with van der Waals surface area (Å²) in [7, 11) is 0. The summed E-state index contributed by atoms with van der Waals surface area (Å²) < 4.78 is 0. The van der Waals surface area contributed by atoms with Crippen molar-refractivity contribution in [1.82, 2.24) is 0 Å². The van der Waals surface area contributed by atoms with Crippen molar-refractivity contribution < 1.29 is 9.90 Å². The molecule has 0 heterocycles. The summed E-state index contributed by atoms with van der Waals surface area (Å²) in [5.41, 5.74) is 0.112. The van der Waals surface area contributed by atoms with Crippen LogP contribution >= 0.6 is 0 Å². The number of rotatable bonds is 4. The van der Waals surface area contributed by atoms with E-state index < -0.39 is 5.97 Å². The van der Waals surface area contributed by atoms with Gasteiger partial charge in [-0.05, 0) is 30.1 Å². The van der Waals surface area contributed by atoms with E-state index in [1.807, 2.05) is 13.0 Å². The lowest BCUT2D eigenvalue weighted by Gasteiger charge is -2.53. The smallest absolute Gasteiger partial charge is 0.306 e. The molecular weight excluding hydrogens is 176 g/mol. The van der Waals surface area contributed by atoms with Gasteiger partial charge in [0.15, 0.2) is 0 Å². The summed E-state index contributed by atoms with van der Waals surface area (Å²) in [4.78, 5) is 11.0. The van der Waals surface area contributed by atoms with Crippen LogP contribution in [0, 0.1) is 23.2 Å². The first-order chi connectivity index (χ1) is 6.45. The zero-order valence-corrected chi connectivity index (χ0v) is 9.29. The molecule has 0 aromatic heterocycles. The highest BCUT2D eigenvalue weighted by Crippen LogP contribution is 2.55. The molecule has 3 unspecified atom stereocenters. The molecule has 0 aromatic rings. The molecule has 1 fully saturated rings. The molecule has 80 valence electrons. The predicted octanol–water partition coefficient (Wildman–Crippen LogP) is 2.95. The molecule has 14 heavy (non-hydrogen) atoms. The molecule has 0 aromatic carbocycles. The summed E-state index contributed by atoms with van der Waals surface area (Å²) in [5, 5.41) is 9.07. The van der Waals surface area contributed by atoms with Crippen molar-refractivity contribution in [2.45, 2.75) is 33.6 Å². The Balaban J connectivity index is 2.73. The lowest BCUT2D eigenvalue weighted by atomic mass is 9.51. The highest BCUT2D eigenvalue weighted by atomic mass is 16.4. The lowest BCUT2D eigenvalue weighted by Crippen LogP contribution is -2.49. The zero-order valence-electron chi connectivity index (χ0n) is 9.29. The highest BCUT2D eigenvalue weighted by molar-refractivity contribution is 5.70. The van der Waals surface area contributed by atoms with Crippen molar-refractivity contribution in [3.05, 3.63) is 12.7 Å². The lowest BCUT2D eigenvalue weighted by molar-refractivity contribution is -0.151. The highest BCUT2D eigenvalue weighted by Gasteiger charge is 2.51. The van der Waals surface area contributed by atoms with E-state index in [2.05, 4.69) is 20.4 Å². The van der Waals surface area contributed by atoms with E-state index in [4.69, 9.17) is 5.11 Å². The second kappa shape index (κ2) is 3.76. The van der Waals surface area contributed by atoms with Gasteiger partial charge in [-0.2, -0.15) is 0 Å². The minimum Gasteiger partial charge on any atom is -0.481 e. The molecule has 0 amide bonds. The van der Waals surface area contributed by atoms with Gasteiger partial charge in [0.25, 0.3) is 0 Å². The Hall–Kier alpha value is -0.790. The minimum atomic E-state index is -0.645. The molecular formula is C12H20O2. The number of allylic oxidation sites excluding steroid dienone is 1. The number of hydrogen-bond donors (Lipinski definition) is 1. The molecule has 0 saturated heterocycles. The van der Waals surface area contributed by atoms with Crippen LogP contribution in [0.25, 0.3) is 0 Å². The Morgan fingerprint density at radius 1 is 1.71 bits per heavy atom. The Kier molecular flexibility index (Phi) is 3.03. The fourth-order valence-corrected chi connectivity index (χ4v) is 2.71. The second-order valence-electron chi connectivity index (χ2n) is 4.86. The molecule has 1 aliphatic carbocycles. The Bertz CT molecular complexity index is 243. The van der Waals surface area contributed by atoms with Gasteiger partial charge in [-0.3, -0.25) is 4.79 Å². The molecule has 1 saturated carbocycles. The number of aliphatic carboxylic acids is 1. The Morgan fingerprint density at radius 2 is 2.29 bits per heavy atom. The van der Waals surface area contributed by atoms with E-state index in [1.54, 1.807) is 0 Å². The topological polar surface area (TPSA) is 37.3 Å². The van der Waals surface area contributed by atoms with Crippen LogP contribution < -0.4 is 0 Å². The zero-order chi connectivity index (χ0) is 10.9. The first-order valence-corrected chi connectivity index (χ1v) is 5.30. The quantitative estimate of drug-likeness (QED) is 0.702. The second-order valence-corrected chi connectivity index (χ2v) is 4.86. The van der Waals surface area contributed by atoms with Crippen molar-refractivity contribution in [1.29, 1.82) is 0 Å². The largest absolute Gasteiger partial charge is 0.481 e. The van der Waals surface area contributed by atoms with Crippen LogP contribution in [0.5, 0.6) is 0 Å². The Morgan fingerprint density at radius 3 is 2.57 bits per heavy atom. The van der Waals surface area contributed by atoms with Gasteiger partial charge in [0.1, 0.15) is 0 Å². The first-order valence-electron chi connectivity index (χ1n) is 5.30. The van der Waals surface area contributed by atoms with E-state index in [-0.39, 0.29) is 11.3 Å². The molecule has 0 aliphatic heterocycles. The van der Waals surface area contributed by atoms with Gasteiger partial charge in [-0.15, -0.1) is 6.58 Å². The molecule has 0 spiro atoms. The predicted molar refractivity (Wildman–Crippen MR) is 57.0 cm³/mol. The molecule has 0 radical (unpaired) electrons. The van der Waals surface area contributed by atoms with Crippen LogP contribution in [-0.2, 0) is 4.79 Å². The average Bonchev–Trinajstić information content (AvgIpc) is 2.10. The van der Waals surface area contributed by atoms with Gasteiger partial charge < -0.3 is 5.11 Å². The number of carboxylic acid groups (broad SMARTS) is 1. The molecule has 1 rings (SSSR count). The van der Waals surface area contributed by atoms with Crippen molar-refractivity contribution in [3.63, 3.8) is 0 Å². The average molecular weight is 196 g/mol. The fourth-order valence-electron chi connectivity index (χ4n) is 2.71. The van der Waals surface area contributed by atoms with Crippen molar-refractivity contribution in [3.8, 4) is 0 Å². The van der Waals surface area contributed by atoms with Crippen LogP contribution in [0.4, 0.5) is 0 Å².